The molecule has 3 heteroatoms. The van der Waals surface area contributed by atoms with E-state index in [2.05, 4.69) is 30.4 Å². The molecular formula is C11H17NO2. The number of nitrogens with zero attached hydrogens (tertiary/aromatic N) is 1. The Labute approximate surface area is 84.8 Å². The molecule has 1 rings (SSSR count). The first-order valence-electron chi connectivity index (χ1n) is 5.19. The highest BCUT2D eigenvalue weighted by atomic mass is 16.7. The summed E-state index contributed by atoms with van der Waals surface area (Å²) in [5, 5.41) is 3.79. The quantitative estimate of drug-likeness (QED) is 0.499. The molecule has 14 heavy (non-hydrogen) atoms. The topological polar surface area (TPSA) is 38.7 Å². The van der Waals surface area contributed by atoms with Gasteiger partial charge in [0, 0.05) is 5.92 Å². The van der Waals surface area contributed by atoms with Gasteiger partial charge in [0.05, 0.1) is 11.3 Å². The van der Waals surface area contributed by atoms with Crippen LogP contribution in [0.4, 0.5) is 0 Å². The van der Waals surface area contributed by atoms with E-state index in [9.17, 15) is 4.79 Å². The van der Waals surface area contributed by atoms with E-state index in [1.165, 1.54) is 0 Å². The minimum atomic E-state index is -0.394. The van der Waals surface area contributed by atoms with E-state index in [0.717, 1.165) is 31.4 Å². The van der Waals surface area contributed by atoms with Gasteiger partial charge >= 0.3 is 5.97 Å². The van der Waals surface area contributed by atoms with Crippen molar-refractivity contribution in [3.05, 3.63) is 12.2 Å². The zero-order valence-electron chi connectivity index (χ0n) is 8.88. The fourth-order valence-corrected chi connectivity index (χ4v) is 1.61. The Kier molecular flexibility index (Phi) is 3.86. The summed E-state index contributed by atoms with van der Waals surface area (Å²) >= 11 is 0. The Morgan fingerprint density at radius 2 is 2.21 bits per heavy atom. The molecule has 0 radical (unpaired) electrons. The third-order valence-corrected chi connectivity index (χ3v) is 2.57. The molecule has 0 aliphatic carbocycles. The van der Waals surface area contributed by atoms with Gasteiger partial charge in [-0.1, -0.05) is 38.4 Å². The lowest BCUT2D eigenvalue weighted by molar-refractivity contribution is -0.136. The van der Waals surface area contributed by atoms with Gasteiger partial charge in [0.1, 0.15) is 0 Å². The number of rotatable bonds is 5. The predicted octanol–water partition coefficient (Wildman–Crippen LogP) is 2.67. The van der Waals surface area contributed by atoms with E-state index in [4.69, 9.17) is 0 Å². The maximum atomic E-state index is 11.0. The minimum Gasteiger partial charge on any atom is -0.312 e. The molecule has 0 N–H and O–H groups in total. The molecule has 1 heterocycles. The van der Waals surface area contributed by atoms with Crippen LogP contribution in [-0.2, 0) is 9.63 Å². The minimum absolute atomic E-state index is 0.328. The first kappa shape index (κ1) is 11.0. The van der Waals surface area contributed by atoms with E-state index in [1.807, 2.05) is 0 Å². The normalized spacial score (nSPS) is 18.0. The Morgan fingerprint density at radius 1 is 1.50 bits per heavy atom. The SMILES string of the molecule is C=C1C(=O)ON=C1C(CC)CCCC. The number of carbonyl (C=O) groups excluding carboxylic acids is 1. The molecule has 0 aromatic rings. The molecule has 0 bridgehead atoms. The molecular weight excluding hydrogens is 178 g/mol. The summed E-state index contributed by atoms with van der Waals surface area (Å²) in [6.45, 7) is 7.94. The molecule has 0 spiro atoms. The Morgan fingerprint density at radius 3 is 2.64 bits per heavy atom. The third kappa shape index (κ3) is 2.22. The van der Waals surface area contributed by atoms with Gasteiger partial charge in [-0.3, -0.25) is 0 Å². The largest absolute Gasteiger partial charge is 0.367 e. The van der Waals surface area contributed by atoms with Gasteiger partial charge in [0.2, 0.25) is 0 Å². The molecule has 0 fully saturated rings. The van der Waals surface area contributed by atoms with Crippen LogP contribution in [0.25, 0.3) is 0 Å². The summed E-state index contributed by atoms with van der Waals surface area (Å²) in [6.07, 6.45) is 4.35. The first-order chi connectivity index (χ1) is 6.70. The Balaban J connectivity index is 2.61. The fourth-order valence-electron chi connectivity index (χ4n) is 1.61. The predicted molar refractivity (Wildman–Crippen MR) is 56.0 cm³/mol. The van der Waals surface area contributed by atoms with Gasteiger partial charge in [-0.2, -0.15) is 0 Å². The van der Waals surface area contributed by atoms with Crippen molar-refractivity contribution in [2.45, 2.75) is 39.5 Å². The highest BCUT2D eigenvalue weighted by Crippen LogP contribution is 2.22. The molecule has 78 valence electrons. The van der Waals surface area contributed by atoms with Gasteiger partial charge in [-0.15, -0.1) is 0 Å². The lowest BCUT2D eigenvalue weighted by Gasteiger charge is -2.12. The van der Waals surface area contributed by atoms with E-state index in [1.54, 1.807) is 0 Å². The summed E-state index contributed by atoms with van der Waals surface area (Å²) in [4.78, 5) is 15.6. The van der Waals surface area contributed by atoms with Gasteiger partial charge in [0.25, 0.3) is 0 Å². The van der Waals surface area contributed by atoms with Crippen LogP contribution in [0.5, 0.6) is 0 Å². The molecule has 1 aliphatic heterocycles. The zero-order chi connectivity index (χ0) is 10.6. The summed E-state index contributed by atoms with van der Waals surface area (Å²) in [6, 6.07) is 0. The van der Waals surface area contributed by atoms with Crippen molar-refractivity contribution >= 4 is 11.7 Å². The maximum Gasteiger partial charge on any atom is 0.367 e. The van der Waals surface area contributed by atoms with Crippen LogP contribution in [-0.4, -0.2) is 11.7 Å². The number of hydrogen-bond donors (Lipinski definition) is 0. The highest BCUT2D eigenvalue weighted by Gasteiger charge is 2.28. The van der Waals surface area contributed by atoms with E-state index in [0.29, 0.717) is 11.5 Å². The lowest BCUT2D eigenvalue weighted by Crippen LogP contribution is -2.15. The van der Waals surface area contributed by atoms with Gasteiger partial charge in [-0.05, 0) is 12.8 Å². The summed E-state index contributed by atoms with van der Waals surface area (Å²) in [5.41, 5.74) is 1.19. The summed E-state index contributed by atoms with van der Waals surface area (Å²) in [7, 11) is 0. The highest BCUT2D eigenvalue weighted by molar-refractivity contribution is 6.22. The zero-order valence-corrected chi connectivity index (χ0v) is 8.88. The van der Waals surface area contributed by atoms with Crippen molar-refractivity contribution in [2.75, 3.05) is 0 Å². The van der Waals surface area contributed by atoms with E-state index in [-0.39, 0.29) is 0 Å². The van der Waals surface area contributed by atoms with Crippen LogP contribution in [0.15, 0.2) is 17.3 Å². The summed E-state index contributed by atoms with van der Waals surface area (Å²) < 4.78 is 0. The molecule has 1 aliphatic rings. The number of unbranched alkanes of at least 4 members (excludes halogenated alkanes) is 1. The average Bonchev–Trinajstić information content (AvgIpc) is 2.51. The summed E-state index contributed by atoms with van der Waals surface area (Å²) in [5.74, 6) is -0.0659. The van der Waals surface area contributed by atoms with Crippen LogP contribution in [0.2, 0.25) is 0 Å². The van der Waals surface area contributed by atoms with Crippen LogP contribution in [0, 0.1) is 5.92 Å². The molecule has 0 amide bonds. The van der Waals surface area contributed by atoms with Crippen LogP contribution < -0.4 is 0 Å². The lowest BCUT2D eigenvalue weighted by atomic mass is 9.91. The number of carbonyl (C=O) groups is 1. The molecule has 1 unspecified atom stereocenters. The second kappa shape index (κ2) is 4.94. The second-order valence-corrected chi connectivity index (χ2v) is 3.58. The average molecular weight is 195 g/mol. The van der Waals surface area contributed by atoms with Gasteiger partial charge in [0.15, 0.2) is 0 Å². The molecule has 0 aromatic carbocycles. The van der Waals surface area contributed by atoms with Crippen molar-refractivity contribution in [3.63, 3.8) is 0 Å². The Hall–Kier alpha value is -1.12. The molecule has 3 nitrogen and oxygen atoms in total. The van der Waals surface area contributed by atoms with Gasteiger partial charge < -0.3 is 4.84 Å². The standard InChI is InChI=1S/C11H17NO2/c1-4-6-7-9(5-2)10-8(3)11(13)14-12-10/h9H,3-7H2,1-2H3. The smallest absolute Gasteiger partial charge is 0.312 e. The molecule has 1 atom stereocenters. The molecule has 0 saturated carbocycles. The van der Waals surface area contributed by atoms with Crippen LogP contribution in [0.1, 0.15) is 39.5 Å². The van der Waals surface area contributed by atoms with Crippen molar-refractivity contribution in [1.29, 1.82) is 0 Å². The van der Waals surface area contributed by atoms with E-state index >= 15 is 0 Å². The van der Waals surface area contributed by atoms with Crippen LogP contribution in [0.3, 0.4) is 0 Å². The maximum absolute atomic E-state index is 11.0. The first-order valence-corrected chi connectivity index (χ1v) is 5.19. The van der Waals surface area contributed by atoms with Gasteiger partial charge in [-0.25, -0.2) is 4.79 Å². The van der Waals surface area contributed by atoms with Crippen molar-refractivity contribution in [3.8, 4) is 0 Å². The third-order valence-electron chi connectivity index (χ3n) is 2.57. The van der Waals surface area contributed by atoms with Crippen molar-refractivity contribution in [2.24, 2.45) is 11.1 Å². The Bertz CT molecular complexity index is 268. The van der Waals surface area contributed by atoms with Crippen molar-refractivity contribution < 1.29 is 9.63 Å². The molecule has 0 aromatic heterocycles. The monoisotopic (exact) mass is 195 g/mol. The second-order valence-electron chi connectivity index (χ2n) is 3.58. The van der Waals surface area contributed by atoms with Crippen molar-refractivity contribution in [1.82, 2.24) is 0 Å². The number of oxime groups is 1. The molecule has 0 saturated heterocycles. The number of hydrogen-bond acceptors (Lipinski definition) is 3. The van der Waals surface area contributed by atoms with Crippen LogP contribution >= 0.6 is 0 Å². The van der Waals surface area contributed by atoms with E-state index < -0.39 is 5.97 Å². The fraction of sp³-hybridized carbons (Fsp3) is 0.636.